The van der Waals surface area contributed by atoms with E-state index < -0.39 is 11.7 Å². The van der Waals surface area contributed by atoms with Gasteiger partial charge in [0, 0.05) is 12.7 Å². The highest BCUT2D eigenvalue weighted by Crippen LogP contribution is 2.37. The summed E-state index contributed by atoms with van der Waals surface area (Å²) in [5, 5.41) is 3.01. The Hall–Kier alpha value is -0.970. The van der Waals surface area contributed by atoms with E-state index in [0.717, 1.165) is 18.2 Å². The number of nitrogens with zero attached hydrogens (tertiary/aromatic N) is 1. The second-order valence-electron chi connectivity index (χ2n) is 4.75. The molecule has 1 aromatic rings. The average molecular weight is 279 g/mol. The summed E-state index contributed by atoms with van der Waals surface area (Å²) in [6.45, 7) is 2.80. The van der Waals surface area contributed by atoms with Gasteiger partial charge in [-0.05, 0) is 30.7 Å². The lowest BCUT2D eigenvalue weighted by Gasteiger charge is -2.14. The van der Waals surface area contributed by atoms with E-state index in [1.165, 1.54) is 12.8 Å². The minimum Gasteiger partial charge on any atom is -0.369 e. The molecule has 1 aromatic heterocycles. The zero-order valence-electron chi connectivity index (χ0n) is 9.89. The number of hydrogen-bond donors (Lipinski definition) is 1. The normalized spacial score (nSPS) is 17.6. The fourth-order valence-electron chi connectivity index (χ4n) is 1.81. The quantitative estimate of drug-likeness (QED) is 0.892. The number of anilines is 1. The molecule has 0 bridgehead atoms. The van der Waals surface area contributed by atoms with E-state index in [1.54, 1.807) is 0 Å². The van der Waals surface area contributed by atoms with Gasteiger partial charge < -0.3 is 5.32 Å². The summed E-state index contributed by atoms with van der Waals surface area (Å²) >= 11 is 5.79. The SMILES string of the molecule is CC(CNc1ncc(C(F)(F)F)cc1Cl)C1CC1. The molecular formula is C12H14ClF3N2. The molecule has 1 aliphatic rings. The van der Waals surface area contributed by atoms with Gasteiger partial charge in [-0.2, -0.15) is 13.2 Å². The minimum absolute atomic E-state index is 0.00724. The van der Waals surface area contributed by atoms with Crippen molar-refractivity contribution in [2.45, 2.75) is 25.9 Å². The van der Waals surface area contributed by atoms with Crippen molar-refractivity contribution in [1.29, 1.82) is 0 Å². The summed E-state index contributed by atoms with van der Waals surface area (Å²) in [6.07, 6.45) is -1.14. The van der Waals surface area contributed by atoms with Crippen LogP contribution >= 0.6 is 11.6 Å². The van der Waals surface area contributed by atoms with Crippen LogP contribution < -0.4 is 5.32 Å². The van der Waals surface area contributed by atoms with Crippen LogP contribution in [0.5, 0.6) is 0 Å². The number of pyridine rings is 1. The molecule has 1 unspecified atom stereocenters. The van der Waals surface area contributed by atoms with E-state index in [4.69, 9.17) is 11.6 Å². The fraction of sp³-hybridized carbons (Fsp3) is 0.583. The summed E-state index contributed by atoms with van der Waals surface area (Å²) in [7, 11) is 0. The molecule has 0 aromatic carbocycles. The van der Waals surface area contributed by atoms with Gasteiger partial charge >= 0.3 is 6.18 Å². The third kappa shape index (κ3) is 3.28. The molecule has 2 rings (SSSR count). The van der Waals surface area contributed by atoms with Gasteiger partial charge in [0.05, 0.1) is 10.6 Å². The Kier molecular flexibility index (Phi) is 3.71. The topological polar surface area (TPSA) is 24.9 Å². The third-order valence-electron chi connectivity index (χ3n) is 3.19. The van der Waals surface area contributed by atoms with Crippen molar-refractivity contribution in [1.82, 2.24) is 4.98 Å². The van der Waals surface area contributed by atoms with Gasteiger partial charge in [0.25, 0.3) is 0 Å². The summed E-state index contributed by atoms with van der Waals surface area (Å²) < 4.78 is 37.2. The summed E-state index contributed by atoms with van der Waals surface area (Å²) in [6, 6.07) is 0.901. The van der Waals surface area contributed by atoms with Crippen LogP contribution in [0.25, 0.3) is 0 Å². The largest absolute Gasteiger partial charge is 0.417 e. The van der Waals surface area contributed by atoms with Crippen LogP contribution in [0.2, 0.25) is 5.02 Å². The Labute approximate surface area is 109 Å². The van der Waals surface area contributed by atoms with Crippen molar-refractivity contribution in [3.8, 4) is 0 Å². The van der Waals surface area contributed by atoms with Gasteiger partial charge in [0.2, 0.25) is 0 Å². The monoisotopic (exact) mass is 278 g/mol. The predicted octanol–water partition coefficient (Wildman–Crippen LogP) is 4.21. The molecule has 0 amide bonds. The molecule has 1 saturated carbocycles. The standard InChI is InChI=1S/C12H14ClF3N2/c1-7(8-2-3-8)5-17-11-10(13)4-9(6-18-11)12(14,15)16/h4,6-8H,2-3,5H2,1H3,(H,17,18). The van der Waals surface area contributed by atoms with Crippen LogP contribution in [-0.4, -0.2) is 11.5 Å². The number of halogens is 4. The maximum Gasteiger partial charge on any atom is 0.417 e. The minimum atomic E-state index is -4.41. The molecule has 2 nitrogen and oxygen atoms in total. The first kappa shape index (κ1) is 13.5. The first-order valence-corrected chi connectivity index (χ1v) is 6.22. The molecule has 0 aliphatic heterocycles. The summed E-state index contributed by atoms with van der Waals surface area (Å²) in [5.41, 5.74) is -0.826. The number of hydrogen-bond acceptors (Lipinski definition) is 2. The number of aromatic nitrogens is 1. The molecule has 0 saturated heterocycles. The Morgan fingerprint density at radius 1 is 1.50 bits per heavy atom. The smallest absolute Gasteiger partial charge is 0.369 e. The van der Waals surface area contributed by atoms with Gasteiger partial charge in [0.15, 0.2) is 0 Å². The first-order chi connectivity index (χ1) is 8.38. The second-order valence-corrected chi connectivity index (χ2v) is 5.15. The summed E-state index contributed by atoms with van der Waals surface area (Å²) in [5.74, 6) is 1.54. The Bertz CT molecular complexity index is 430. The molecule has 0 radical (unpaired) electrons. The summed E-state index contributed by atoms with van der Waals surface area (Å²) in [4.78, 5) is 3.73. The maximum atomic E-state index is 12.4. The van der Waals surface area contributed by atoms with Gasteiger partial charge in [-0.15, -0.1) is 0 Å². The first-order valence-electron chi connectivity index (χ1n) is 5.84. The lowest BCUT2D eigenvalue weighted by Crippen LogP contribution is -2.14. The van der Waals surface area contributed by atoms with Crippen molar-refractivity contribution in [3.05, 3.63) is 22.8 Å². The van der Waals surface area contributed by atoms with Crippen LogP contribution in [0.3, 0.4) is 0 Å². The Balaban J connectivity index is 2.00. The van der Waals surface area contributed by atoms with E-state index in [1.807, 2.05) is 0 Å². The van der Waals surface area contributed by atoms with Crippen LogP contribution in [0.1, 0.15) is 25.3 Å². The molecule has 0 spiro atoms. The number of alkyl halides is 3. The average Bonchev–Trinajstić information content (AvgIpc) is 3.09. The lowest BCUT2D eigenvalue weighted by atomic mass is 10.1. The maximum absolute atomic E-state index is 12.4. The highest BCUT2D eigenvalue weighted by Gasteiger charge is 2.32. The molecular weight excluding hydrogens is 265 g/mol. The van der Waals surface area contributed by atoms with Crippen LogP contribution in [0, 0.1) is 11.8 Å². The fourth-order valence-corrected chi connectivity index (χ4v) is 2.05. The zero-order valence-corrected chi connectivity index (χ0v) is 10.6. The predicted molar refractivity (Wildman–Crippen MR) is 64.6 cm³/mol. The highest BCUT2D eigenvalue weighted by molar-refractivity contribution is 6.32. The van der Waals surface area contributed by atoms with E-state index in [0.29, 0.717) is 18.3 Å². The molecule has 1 N–H and O–H groups in total. The second kappa shape index (κ2) is 4.96. The lowest BCUT2D eigenvalue weighted by molar-refractivity contribution is -0.137. The van der Waals surface area contributed by atoms with E-state index >= 15 is 0 Å². The van der Waals surface area contributed by atoms with Gasteiger partial charge in [0.1, 0.15) is 5.82 Å². The van der Waals surface area contributed by atoms with E-state index in [9.17, 15) is 13.2 Å². The molecule has 100 valence electrons. The van der Waals surface area contributed by atoms with Crippen LogP contribution in [0.15, 0.2) is 12.3 Å². The number of rotatable bonds is 4. The van der Waals surface area contributed by atoms with Gasteiger partial charge in [-0.25, -0.2) is 4.98 Å². The van der Waals surface area contributed by atoms with Crippen molar-refractivity contribution in [2.24, 2.45) is 11.8 Å². The molecule has 18 heavy (non-hydrogen) atoms. The third-order valence-corrected chi connectivity index (χ3v) is 3.47. The van der Waals surface area contributed by atoms with Gasteiger partial charge in [-0.1, -0.05) is 18.5 Å². The molecule has 6 heteroatoms. The molecule has 1 fully saturated rings. The molecule has 1 heterocycles. The van der Waals surface area contributed by atoms with Gasteiger partial charge in [-0.3, -0.25) is 0 Å². The van der Waals surface area contributed by atoms with Crippen molar-refractivity contribution >= 4 is 17.4 Å². The van der Waals surface area contributed by atoms with Crippen molar-refractivity contribution < 1.29 is 13.2 Å². The molecule has 1 atom stereocenters. The van der Waals surface area contributed by atoms with E-state index in [2.05, 4.69) is 17.2 Å². The van der Waals surface area contributed by atoms with Crippen LogP contribution in [-0.2, 0) is 6.18 Å². The van der Waals surface area contributed by atoms with Crippen molar-refractivity contribution in [2.75, 3.05) is 11.9 Å². The van der Waals surface area contributed by atoms with E-state index in [-0.39, 0.29) is 5.02 Å². The van der Waals surface area contributed by atoms with Crippen LogP contribution in [0.4, 0.5) is 19.0 Å². The Morgan fingerprint density at radius 3 is 2.67 bits per heavy atom. The highest BCUT2D eigenvalue weighted by atomic mass is 35.5. The van der Waals surface area contributed by atoms with Crippen molar-refractivity contribution in [3.63, 3.8) is 0 Å². The zero-order chi connectivity index (χ0) is 13.3. The number of nitrogens with one attached hydrogen (secondary N) is 1. The molecule has 1 aliphatic carbocycles. The Morgan fingerprint density at radius 2 is 2.17 bits per heavy atom.